The van der Waals surface area contributed by atoms with Gasteiger partial charge in [-0.1, -0.05) is 50.2 Å². The molecule has 2 aromatic rings. The lowest BCUT2D eigenvalue weighted by Gasteiger charge is -2.34. The third-order valence-corrected chi connectivity index (χ3v) is 4.73. The van der Waals surface area contributed by atoms with Crippen molar-refractivity contribution in [3.05, 3.63) is 42.5 Å². The lowest BCUT2D eigenvalue weighted by atomic mass is 9.92. The number of ether oxygens (including phenoxy) is 2. The number of fused-ring (bicyclic) bond motifs is 1. The van der Waals surface area contributed by atoms with Gasteiger partial charge in [0.15, 0.2) is 0 Å². The average molecular weight is 327 g/mol. The molecule has 3 nitrogen and oxygen atoms in total. The zero-order chi connectivity index (χ0) is 16.8. The molecule has 1 aliphatic heterocycles. The zero-order valence-corrected chi connectivity index (χ0v) is 14.9. The van der Waals surface area contributed by atoms with Crippen LogP contribution in [-0.2, 0) is 4.74 Å². The van der Waals surface area contributed by atoms with E-state index < -0.39 is 0 Å². The van der Waals surface area contributed by atoms with Crippen LogP contribution in [0.4, 0.5) is 0 Å². The zero-order valence-electron chi connectivity index (χ0n) is 14.9. The first-order valence-electron chi connectivity index (χ1n) is 9.13. The standard InChI is InChI=1S/C21H29NO2/c1-17-14-18(2)16-22(15-17)10-11-23-12-13-24-21-9-5-7-19-6-3-4-8-20(19)21/h3-9,17-18H,10-16H2,1-2H3/t17-,18-/m1/s1. The maximum Gasteiger partial charge on any atom is 0.127 e. The summed E-state index contributed by atoms with van der Waals surface area (Å²) in [6.45, 7) is 10.2. The molecule has 2 atom stereocenters. The predicted octanol–water partition coefficient (Wildman–Crippen LogP) is 4.21. The molecule has 0 N–H and O–H groups in total. The summed E-state index contributed by atoms with van der Waals surface area (Å²) in [6.07, 6.45) is 1.36. The maximum atomic E-state index is 5.91. The molecule has 1 saturated heterocycles. The normalized spacial score (nSPS) is 21.9. The van der Waals surface area contributed by atoms with Gasteiger partial charge in [-0.05, 0) is 29.7 Å². The van der Waals surface area contributed by atoms with Crippen LogP contribution in [0.2, 0.25) is 0 Å². The lowest BCUT2D eigenvalue weighted by molar-refractivity contribution is 0.0597. The fourth-order valence-corrected chi connectivity index (χ4v) is 3.80. The molecule has 1 aliphatic rings. The SMILES string of the molecule is C[C@@H]1C[C@@H](C)CN(CCOCCOc2cccc3ccccc23)C1. The van der Waals surface area contributed by atoms with E-state index >= 15 is 0 Å². The first kappa shape index (κ1) is 17.2. The van der Waals surface area contributed by atoms with Crippen molar-refractivity contribution in [2.45, 2.75) is 20.3 Å². The van der Waals surface area contributed by atoms with Crippen LogP contribution in [0.3, 0.4) is 0 Å². The van der Waals surface area contributed by atoms with E-state index in [1.165, 1.54) is 24.9 Å². The summed E-state index contributed by atoms with van der Waals surface area (Å²) in [5, 5.41) is 2.38. The molecule has 0 bridgehead atoms. The quantitative estimate of drug-likeness (QED) is 0.711. The van der Waals surface area contributed by atoms with Gasteiger partial charge in [0.05, 0.1) is 13.2 Å². The number of rotatable bonds is 7. The Bertz CT molecular complexity index is 627. The molecule has 0 spiro atoms. The second-order valence-electron chi connectivity index (χ2n) is 7.14. The Balaban J connectivity index is 1.37. The summed E-state index contributed by atoms with van der Waals surface area (Å²) in [4.78, 5) is 2.53. The molecule has 0 radical (unpaired) electrons. The van der Waals surface area contributed by atoms with E-state index in [2.05, 4.69) is 43.0 Å². The Morgan fingerprint density at radius 1 is 0.917 bits per heavy atom. The summed E-state index contributed by atoms with van der Waals surface area (Å²) >= 11 is 0. The van der Waals surface area contributed by atoms with Gasteiger partial charge in [-0.15, -0.1) is 0 Å². The van der Waals surface area contributed by atoms with Gasteiger partial charge in [0.25, 0.3) is 0 Å². The van der Waals surface area contributed by atoms with Crippen molar-refractivity contribution >= 4 is 10.8 Å². The number of hydrogen-bond acceptors (Lipinski definition) is 3. The van der Waals surface area contributed by atoms with Crippen LogP contribution in [0, 0.1) is 11.8 Å². The minimum absolute atomic E-state index is 0.598. The topological polar surface area (TPSA) is 21.7 Å². The van der Waals surface area contributed by atoms with Gasteiger partial charge in [-0.2, -0.15) is 0 Å². The Labute approximate surface area is 145 Å². The van der Waals surface area contributed by atoms with E-state index in [0.29, 0.717) is 13.2 Å². The third kappa shape index (κ3) is 4.71. The van der Waals surface area contributed by atoms with Crippen molar-refractivity contribution < 1.29 is 9.47 Å². The van der Waals surface area contributed by atoms with Crippen molar-refractivity contribution in [2.75, 3.05) is 39.5 Å². The number of likely N-dealkylation sites (tertiary alicyclic amines) is 1. The van der Waals surface area contributed by atoms with Crippen molar-refractivity contribution in [3.8, 4) is 5.75 Å². The Morgan fingerprint density at radius 3 is 2.50 bits per heavy atom. The molecule has 130 valence electrons. The van der Waals surface area contributed by atoms with Crippen molar-refractivity contribution in [3.63, 3.8) is 0 Å². The summed E-state index contributed by atoms with van der Waals surface area (Å²) < 4.78 is 11.7. The molecule has 2 aromatic carbocycles. The highest BCUT2D eigenvalue weighted by atomic mass is 16.5. The van der Waals surface area contributed by atoms with Gasteiger partial charge in [-0.25, -0.2) is 0 Å². The van der Waals surface area contributed by atoms with Crippen LogP contribution in [0.5, 0.6) is 5.75 Å². The molecule has 0 amide bonds. The fraction of sp³-hybridized carbons (Fsp3) is 0.524. The van der Waals surface area contributed by atoms with Crippen LogP contribution in [0.15, 0.2) is 42.5 Å². The maximum absolute atomic E-state index is 5.91. The van der Waals surface area contributed by atoms with Crippen molar-refractivity contribution in [1.29, 1.82) is 0 Å². The number of hydrogen-bond donors (Lipinski definition) is 0. The number of benzene rings is 2. The second kappa shape index (κ2) is 8.50. The second-order valence-corrected chi connectivity index (χ2v) is 7.14. The largest absolute Gasteiger partial charge is 0.491 e. The van der Waals surface area contributed by atoms with Crippen molar-refractivity contribution in [1.82, 2.24) is 4.90 Å². The summed E-state index contributed by atoms with van der Waals surface area (Å²) in [7, 11) is 0. The molecule has 0 aliphatic carbocycles. The summed E-state index contributed by atoms with van der Waals surface area (Å²) in [5.41, 5.74) is 0. The van der Waals surface area contributed by atoms with Crippen LogP contribution >= 0.6 is 0 Å². The van der Waals surface area contributed by atoms with E-state index in [9.17, 15) is 0 Å². The Hall–Kier alpha value is -1.58. The number of piperidine rings is 1. The highest BCUT2D eigenvalue weighted by Gasteiger charge is 2.21. The predicted molar refractivity (Wildman–Crippen MR) is 99.6 cm³/mol. The molecular formula is C21H29NO2. The molecule has 0 aromatic heterocycles. The molecule has 24 heavy (non-hydrogen) atoms. The first-order valence-corrected chi connectivity index (χ1v) is 9.13. The minimum atomic E-state index is 0.598. The van der Waals surface area contributed by atoms with Crippen molar-refractivity contribution in [2.24, 2.45) is 11.8 Å². The third-order valence-electron chi connectivity index (χ3n) is 4.73. The van der Waals surface area contributed by atoms with Crippen LogP contribution in [0.25, 0.3) is 10.8 Å². The molecule has 3 heteroatoms. The van der Waals surface area contributed by atoms with E-state index in [-0.39, 0.29) is 0 Å². The molecule has 0 unspecified atom stereocenters. The Kier molecular flexibility index (Phi) is 6.11. The van der Waals surface area contributed by atoms with Crippen LogP contribution in [0.1, 0.15) is 20.3 Å². The van der Waals surface area contributed by atoms with Crippen LogP contribution < -0.4 is 4.74 Å². The van der Waals surface area contributed by atoms with Crippen LogP contribution in [-0.4, -0.2) is 44.4 Å². The summed E-state index contributed by atoms with van der Waals surface area (Å²) in [5.74, 6) is 2.56. The number of nitrogens with zero attached hydrogens (tertiary/aromatic N) is 1. The van der Waals surface area contributed by atoms with E-state index in [1.54, 1.807) is 0 Å². The van der Waals surface area contributed by atoms with Gasteiger partial charge >= 0.3 is 0 Å². The molecule has 1 fully saturated rings. The van der Waals surface area contributed by atoms with Gasteiger partial charge in [0.2, 0.25) is 0 Å². The highest BCUT2D eigenvalue weighted by molar-refractivity contribution is 5.88. The molecule has 0 saturated carbocycles. The molecule has 1 heterocycles. The smallest absolute Gasteiger partial charge is 0.127 e. The lowest BCUT2D eigenvalue weighted by Crippen LogP contribution is -2.40. The highest BCUT2D eigenvalue weighted by Crippen LogP contribution is 2.25. The fourth-order valence-electron chi connectivity index (χ4n) is 3.80. The van der Waals surface area contributed by atoms with Gasteiger partial charge in [-0.3, -0.25) is 0 Å². The Morgan fingerprint density at radius 2 is 1.67 bits per heavy atom. The average Bonchev–Trinajstić information content (AvgIpc) is 2.57. The summed E-state index contributed by atoms with van der Waals surface area (Å²) in [6, 6.07) is 14.5. The van der Waals surface area contributed by atoms with E-state index in [4.69, 9.17) is 9.47 Å². The van der Waals surface area contributed by atoms with E-state index in [1.807, 2.05) is 18.2 Å². The molecular weight excluding hydrogens is 298 g/mol. The monoisotopic (exact) mass is 327 g/mol. The van der Waals surface area contributed by atoms with Gasteiger partial charge < -0.3 is 14.4 Å². The minimum Gasteiger partial charge on any atom is -0.491 e. The molecule has 3 rings (SSSR count). The van der Waals surface area contributed by atoms with E-state index in [0.717, 1.165) is 36.1 Å². The van der Waals surface area contributed by atoms with Gasteiger partial charge in [0, 0.05) is 25.0 Å². The van der Waals surface area contributed by atoms with Gasteiger partial charge in [0.1, 0.15) is 12.4 Å². The first-order chi connectivity index (χ1) is 11.7.